The number of aliphatic hydroxyl groups excluding tert-OH is 1. The third-order valence-electron chi connectivity index (χ3n) is 3.12. The zero-order valence-electron chi connectivity index (χ0n) is 11.7. The monoisotopic (exact) mass is 289 g/mol. The Labute approximate surface area is 123 Å². The summed E-state index contributed by atoms with van der Waals surface area (Å²) in [6, 6.07) is 10.3. The van der Waals surface area contributed by atoms with Crippen LogP contribution >= 0.6 is 11.8 Å². The fourth-order valence-corrected chi connectivity index (χ4v) is 2.46. The number of aromatic nitrogens is 2. The van der Waals surface area contributed by atoms with Gasteiger partial charge >= 0.3 is 0 Å². The fourth-order valence-electron chi connectivity index (χ4n) is 1.66. The van der Waals surface area contributed by atoms with E-state index in [0.29, 0.717) is 0 Å². The second kappa shape index (κ2) is 7.26. The summed E-state index contributed by atoms with van der Waals surface area (Å²) in [7, 11) is 1.91. The van der Waals surface area contributed by atoms with Crippen molar-refractivity contribution in [2.45, 2.75) is 23.7 Å². The van der Waals surface area contributed by atoms with Crippen LogP contribution in [0, 0.1) is 0 Å². The maximum Gasteiger partial charge on any atom is 0.148 e. The quantitative estimate of drug-likeness (QED) is 0.828. The van der Waals surface area contributed by atoms with E-state index in [1.807, 2.05) is 37.1 Å². The molecule has 20 heavy (non-hydrogen) atoms. The minimum atomic E-state index is 0.0265. The molecule has 0 aliphatic heterocycles. The number of rotatable bonds is 6. The van der Waals surface area contributed by atoms with E-state index in [0.717, 1.165) is 16.6 Å². The molecule has 106 valence electrons. The molecule has 1 aromatic carbocycles. The normalized spacial score (nSPS) is 12.2. The molecule has 0 bridgehead atoms. The van der Waals surface area contributed by atoms with E-state index in [1.54, 1.807) is 24.2 Å². The van der Waals surface area contributed by atoms with Gasteiger partial charge in [-0.2, -0.15) is 0 Å². The largest absolute Gasteiger partial charge is 0.394 e. The number of nitrogens with zero attached hydrogens (tertiary/aromatic N) is 3. The molecule has 0 spiro atoms. The van der Waals surface area contributed by atoms with Crippen molar-refractivity contribution in [2.75, 3.05) is 18.6 Å². The topological polar surface area (TPSA) is 49.2 Å². The molecule has 0 fully saturated rings. The average Bonchev–Trinajstić information content (AvgIpc) is 2.52. The van der Waals surface area contributed by atoms with E-state index < -0.39 is 0 Å². The summed E-state index contributed by atoms with van der Waals surface area (Å²) in [6.07, 6.45) is 3.49. The van der Waals surface area contributed by atoms with Crippen LogP contribution in [0.4, 0.5) is 5.82 Å². The first-order valence-corrected chi connectivity index (χ1v) is 7.51. The molecule has 4 nitrogen and oxygen atoms in total. The zero-order chi connectivity index (χ0) is 14.4. The van der Waals surface area contributed by atoms with Crippen LogP contribution < -0.4 is 4.90 Å². The minimum Gasteiger partial charge on any atom is -0.394 e. The molecule has 0 saturated heterocycles. The lowest BCUT2D eigenvalue weighted by Gasteiger charge is -2.23. The molecule has 5 heteroatoms. The van der Waals surface area contributed by atoms with Gasteiger partial charge in [-0.1, -0.05) is 30.3 Å². The van der Waals surface area contributed by atoms with Gasteiger partial charge < -0.3 is 10.0 Å². The molecule has 0 radical (unpaired) electrons. The van der Waals surface area contributed by atoms with Crippen molar-refractivity contribution < 1.29 is 5.11 Å². The first-order chi connectivity index (χ1) is 9.70. The second-order valence-electron chi connectivity index (χ2n) is 4.63. The van der Waals surface area contributed by atoms with Crippen molar-refractivity contribution in [3.8, 4) is 0 Å². The van der Waals surface area contributed by atoms with Gasteiger partial charge in [-0.25, -0.2) is 4.98 Å². The van der Waals surface area contributed by atoms with Crippen molar-refractivity contribution in [1.82, 2.24) is 9.97 Å². The maximum atomic E-state index is 9.19. The van der Waals surface area contributed by atoms with Gasteiger partial charge in [-0.05, 0) is 12.5 Å². The number of thioether (sulfide) groups is 1. The van der Waals surface area contributed by atoms with E-state index in [9.17, 15) is 5.11 Å². The Bertz CT molecular complexity index is 536. The highest BCUT2D eigenvalue weighted by atomic mass is 32.2. The lowest BCUT2D eigenvalue weighted by Crippen LogP contribution is -2.32. The maximum absolute atomic E-state index is 9.19. The molecule has 1 aromatic heterocycles. The number of benzene rings is 1. The first kappa shape index (κ1) is 14.8. The highest BCUT2D eigenvalue weighted by Crippen LogP contribution is 2.22. The third kappa shape index (κ3) is 3.95. The molecule has 0 aliphatic rings. The number of likely N-dealkylation sites (N-methyl/N-ethyl adjacent to an activating group) is 1. The second-order valence-corrected chi connectivity index (χ2v) is 5.63. The standard InChI is InChI=1S/C15H19N3OS/c1-12(10-19)18(2)14-8-16-9-15(17-14)20-11-13-6-4-3-5-7-13/h3-9,12,19H,10-11H2,1-2H3. The minimum absolute atomic E-state index is 0.0265. The van der Waals surface area contributed by atoms with Gasteiger partial charge in [-0.15, -0.1) is 11.8 Å². The van der Waals surface area contributed by atoms with Crippen molar-refractivity contribution >= 4 is 17.6 Å². The van der Waals surface area contributed by atoms with Crippen molar-refractivity contribution in [3.63, 3.8) is 0 Å². The van der Waals surface area contributed by atoms with Crippen LogP contribution in [-0.4, -0.2) is 34.8 Å². The highest BCUT2D eigenvalue weighted by molar-refractivity contribution is 7.98. The van der Waals surface area contributed by atoms with Crippen LogP contribution in [0.2, 0.25) is 0 Å². The van der Waals surface area contributed by atoms with E-state index in [2.05, 4.69) is 22.1 Å². The predicted octanol–water partition coefficient (Wildman–Crippen LogP) is 2.59. The summed E-state index contributed by atoms with van der Waals surface area (Å²) < 4.78 is 0. The van der Waals surface area contributed by atoms with E-state index in [1.165, 1.54) is 5.56 Å². The molecule has 2 aromatic rings. The summed E-state index contributed by atoms with van der Waals surface area (Å²) in [5, 5.41) is 10.1. The molecule has 0 amide bonds. The Balaban J connectivity index is 2.03. The Kier molecular flexibility index (Phi) is 5.38. The van der Waals surface area contributed by atoms with Gasteiger partial charge in [-0.3, -0.25) is 4.98 Å². The number of anilines is 1. The van der Waals surface area contributed by atoms with Gasteiger partial charge in [0.25, 0.3) is 0 Å². The lowest BCUT2D eigenvalue weighted by atomic mass is 10.2. The smallest absolute Gasteiger partial charge is 0.148 e. The van der Waals surface area contributed by atoms with Crippen LogP contribution in [0.5, 0.6) is 0 Å². The van der Waals surface area contributed by atoms with Gasteiger partial charge in [0.1, 0.15) is 10.8 Å². The molecule has 1 N–H and O–H groups in total. The SMILES string of the molecule is CC(CO)N(C)c1cncc(SCc2ccccc2)n1. The first-order valence-electron chi connectivity index (χ1n) is 6.53. The van der Waals surface area contributed by atoms with Crippen LogP contribution in [0.15, 0.2) is 47.8 Å². The number of hydrogen-bond acceptors (Lipinski definition) is 5. The molecular formula is C15H19N3OS. The Morgan fingerprint density at radius 3 is 2.70 bits per heavy atom. The highest BCUT2D eigenvalue weighted by Gasteiger charge is 2.11. The molecule has 0 aliphatic carbocycles. The van der Waals surface area contributed by atoms with Crippen molar-refractivity contribution in [1.29, 1.82) is 0 Å². The molecule has 1 heterocycles. The summed E-state index contributed by atoms with van der Waals surface area (Å²) in [5.41, 5.74) is 1.27. The Morgan fingerprint density at radius 1 is 1.25 bits per heavy atom. The van der Waals surface area contributed by atoms with Crippen molar-refractivity contribution in [3.05, 3.63) is 48.3 Å². The van der Waals surface area contributed by atoms with Gasteiger partial charge in [0.05, 0.1) is 25.0 Å². The van der Waals surface area contributed by atoms with Crippen LogP contribution in [0.3, 0.4) is 0 Å². The Morgan fingerprint density at radius 2 is 2.00 bits per heavy atom. The van der Waals surface area contributed by atoms with E-state index in [-0.39, 0.29) is 12.6 Å². The molecule has 1 atom stereocenters. The number of hydrogen-bond donors (Lipinski definition) is 1. The van der Waals surface area contributed by atoms with Crippen LogP contribution in [-0.2, 0) is 5.75 Å². The summed E-state index contributed by atoms with van der Waals surface area (Å²) >= 11 is 1.66. The summed E-state index contributed by atoms with van der Waals surface area (Å²) in [5.74, 6) is 1.66. The average molecular weight is 289 g/mol. The molecule has 2 rings (SSSR count). The van der Waals surface area contributed by atoms with Gasteiger partial charge in [0.2, 0.25) is 0 Å². The van der Waals surface area contributed by atoms with Gasteiger partial charge in [0.15, 0.2) is 0 Å². The summed E-state index contributed by atoms with van der Waals surface area (Å²) in [4.78, 5) is 10.7. The predicted molar refractivity (Wildman–Crippen MR) is 83.0 cm³/mol. The molecule has 1 unspecified atom stereocenters. The number of aliphatic hydroxyl groups is 1. The Hall–Kier alpha value is -1.59. The van der Waals surface area contributed by atoms with Crippen LogP contribution in [0.25, 0.3) is 0 Å². The van der Waals surface area contributed by atoms with Gasteiger partial charge in [0, 0.05) is 12.8 Å². The third-order valence-corrected chi connectivity index (χ3v) is 4.09. The molecule has 0 saturated carbocycles. The van der Waals surface area contributed by atoms with Crippen molar-refractivity contribution in [2.24, 2.45) is 0 Å². The van der Waals surface area contributed by atoms with Crippen LogP contribution in [0.1, 0.15) is 12.5 Å². The zero-order valence-corrected chi connectivity index (χ0v) is 12.5. The summed E-state index contributed by atoms with van der Waals surface area (Å²) in [6.45, 7) is 2.05. The lowest BCUT2D eigenvalue weighted by molar-refractivity contribution is 0.269. The van der Waals surface area contributed by atoms with E-state index in [4.69, 9.17) is 0 Å². The molecular weight excluding hydrogens is 270 g/mol. The van der Waals surface area contributed by atoms with E-state index >= 15 is 0 Å². The fraction of sp³-hybridized carbons (Fsp3) is 0.333.